The minimum Gasteiger partial charge on any atom is -0.487 e. The van der Waals surface area contributed by atoms with Crippen LogP contribution in [-0.4, -0.2) is 12.1 Å². The van der Waals surface area contributed by atoms with E-state index < -0.39 is 11.8 Å². The Morgan fingerprint density at radius 3 is 2.70 bits per heavy atom. The summed E-state index contributed by atoms with van der Waals surface area (Å²) in [6, 6.07) is 8.93. The second-order valence-corrected chi connectivity index (χ2v) is 5.60. The van der Waals surface area contributed by atoms with E-state index in [0.717, 1.165) is 0 Å². The number of nitrogens with two attached hydrogens (primary N) is 1. The molecule has 2 aromatic rings. The zero-order valence-corrected chi connectivity index (χ0v) is 13.6. The maximum Gasteiger partial charge on any atom is 0.338 e. The summed E-state index contributed by atoms with van der Waals surface area (Å²) in [5.74, 6) is -0.678. The van der Waals surface area contributed by atoms with Crippen molar-refractivity contribution in [3.8, 4) is 5.75 Å². The molecule has 2 N–H and O–H groups in total. The van der Waals surface area contributed by atoms with E-state index in [9.17, 15) is 9.18 Å². The zero-order valence-electron chi connectivity index (χ0n) is 12.8. The largest absolute Gasteiger partial charge is 0.487 e. The van der Waals surface area contributed by atoms with Crippen molar-refractivity contribution < 1.29 is 18.7 Å². The van der Waals surface area contributed by atoms with Crippen LogP contribution in [0.4, 0.5) is 10.1 Å². The Kier molecular flexibility index (Phi) is 5.45. The van der Waals surface area contributed by atoms with Crippen molar-refractivity contribution in [2.45, 2.75) is 26.6 Å². The average molecular weight is 338 g/mol. The number of esters is 1. The Labute approximate surface area is 139 Å². The van der Waals surface area contributed by atoms with Gasteiger partial charge in [0.25, 0.3) is 0 Å². The van der Waals surface area contributed by atoms with Gasteiger partial charge in [-0.05, 0) is 44.2 Å². The average Bonchev–Trinajstić information content (AvgIpc) is 2.47. The number of hydrogen-bond acceptors (Lipinski definition) is 4. The van der Waals surface area contributed by atoms with Crippen molar-refractivity contribution in [3.05, 3.63) is 58.4 Å². The molecule has 0 bridgehead atoms. The predicted octanol–water partition coefficient (Wildman–Crippen LogP) is 4.21. The highest BCUT2D eigenvalue weighted by atomic mass is 35.5. The number of anilines is 1. The Balaban J connectivity index is 2.18. The molecule has 6 heteroatoms. The molecule has 0 amide bonds. The smallest absolute Gasteiger partial charge is 0.338 e. The third-order valence-corrected chi connectivity index (χ3v) is 3.38. The van der Waals surface area contributed by atoms with Gasteiger partial charge in [0.1, 0.15) is 18.2 Å². The van der Waals surface area contributed by atoms with E-state index >= 15 is 0 Å². The van der Waals surface area contributed by atoms with Gasteiger partial charge in [0, 0.05) is 5.56 Å². The predicted molar refractivity (Wildman–Crippen MR) is 87.1 cm³/mol. The van der Waals surface area contributed by atoms with Crippen LogP contribution in [0.1, 0.15) is 29.8 Å². The molecule has 0 aliphatic heterocycles. The molecule has 0 aromatic heterocycles. The highest BCUT2D eigenvalue weighted by Gasteiger charge is 2.13. The maximum atomic E-state index is 13.7. The van der Waals surface area contributed by atoms with Gasteiger partial charge in [-0.15, -0.1) is 0 Å². The fourth-order valence-electron chi connectivity index (χ4n) is 1.89. The van der Waals surface area contributed by atoms with Gasteiger partial charge >= 0.3 is 5.97 Å². The van der Waals surface area contributed by atoms with E-state index in [-0.39, 0.29) is 29.0 Å². The van der Waals surface area contributed by atoms with Crippen molar-refractivity contribution in [1.29, 1.82) is 0 Å². The monoisotopic (exact) mass is 337 g/mol. The Morgan fingerprint density at radius 1 is 1.30 bits per heavy atom. The van der Waals surface area contributed by atoms with Crippen LogP contribution < -0.4 is 10.5 Å². The van der Waals surface area contributed by atoms with Crippen LogP contribution in [0, 0.1) is 5.82 Å². The first kappa shape index (κ1) is 17.1. The van der Waals surface area contributed by atoms with Gasteiger partial charge in [-0.1, -0.05) is 17.7 Å². The molecule has 0 heterocycles. The lowest BCUT2D eigenvalue weighted by Gasteiger charge is -2.13. The summed E-state index contributed by atoms with van der Waals surface area (Å²) in [7, 11) is 0. The number of benzene rings is 2. The molecule has 4 nitrogen and oxygen atoms in total. The minimum atomic E-state index is -0.478. The Morgan fingerprint density at radius 2 is 2.04 bits per heavy atom. The molecule has 0 radical (unpaired) electrons. The van der Waals surface area contributed by atoms with Crippen molar-refractivity contribution in [1.82, 2.24) is 0 Å². The number of carbonyl (C=O) groups excluding carboxylic acids is 1. The maximum absolute atomic E-state index is 13.7. The second kappa shape index (κ2) is 7.33. The van der Waals surface area contributed by atoms with Crippen LogP contribution >= 0.6 is 11.6 Å². The molecule has 0 aliphatic rings. The quantitative estimate of drug-likeness (QED) is 0.656. The number of ether oxygens (including phenoxy) is 2. The third-order valence-electron chi connectivity index (χ3n) is 3.03. The van der Waals surface area contributed by atoms with E-state index in [2.05, 4.69) is 0 Å². The van der Waals surface area contributed by atoms with Gasteiger partial charge in [0.05, 0.1) is 22.4 Å². The van der Waals surface area contributed by atoms with Crippen LogP contribution in [0.2, 0.25) is 5.02 Å². The van der Waals surface area contributed by atoms with E-state index in [0.29, 0.717) is 11.3 Å². The van der Waals surface area contributed by atoms with E-state index in [1.807, 2.05) is 0 Å². The highest BCUT2D eigenvalue weighted by Crippen LogP contribution is 2.26. The van der Waals surface area contributed by atoms with Crippen molar-refractivity contribution in [2.24, 2.45) is 0 Å². The summed E-state index contributed by atoms with van der Waals surface area (Å²) in [4.78, 5) is 11.9. The Bertz CT molecular complexity index is 699. The lowest BCUT2D eigenvalue weighted by atomic mass is 10.2. The van der Waals surface area contributed by atoms with Crippen molar-refractivity contribution in [3.63, 3.8) is 0 Å². The molecule has 0 fully saturated rings. The van der Waals surface area contributed by atoms with Crippen LogP contribution in [0.3, 0.4) is 0 Å². The second-order valence-electron chi connectivity index (χ2n) is 5.20. The fourth-order valence-corrected chi connectivity index (χ4v) is 2.11. The molecule has 2 rings (SSSR count). The number of halogens is 2. The Hall–Kier alpha value is -2.27. The molecule has 0 spiro atoms. The summed E-state index contributed by atoms with van der Waals surface area (Å²) in [5, 5.41) is 0.263. The molecule has 0 saturated carbocycles. The molecule has 122 valence electrons. The first-order valence-electron chi connectivity index (χ1n) is 7.04. The summed E-state index contributed by atoms with van der Waals surface area (Å²) in [6.07, 6.45) is -0.235. The first-order valence-corrected chi connectivity index (χ1v) is 7.42. The molecule has 0 unspecified atom stereocenters. The summed E-state index contributed by atoms with van der Waals surface area (Å²) in [6.45, 7) is 3.41. The SMILES string of the molecule is CC(C)OC(=O)c1ccc(N)c(OCc2c(F)cccc2Cl)c1. The number of nitrogen functional groups attached to an aromatic ring is 1. The topological polar surface area (TPSA) is 61.5 Å². The van der Waals surface area contributed by atoms with Crippen LogP contribution in [0.15, 0.2) is 36.4 Å². The van der Waals surface area contributed by atoms with Gasteiger partial charge in [0.15, 0.2) is 0 Å². The van der Waals surface area contributed by atoms with Gasteiger partial charge < -0.3 is 15.2 Å². The van der Waals surface area contributed by atoms with Gasteiger partial charge in [-0.25, -0.2) is 9.18 Å². The summed E-state index contributed by atoms with van der Waals surface area (Å²) >= 11 is 5.95. The minimum absolute atomic E-state index is 0.0988. The molecule has 0 aliphatic carbocycles. The van der Waals surface area contributed by atoms with Gasteiger partial charge in [-0.3, -0.25) is 0 Å². The molecule has 0 saturated heterocycles. The number of rotatable bonds is 5. The van der Waals surface area contributed by atoms with Crippen LogP contribution in [0.25, 0.3) is 0 Å². The molecular formula is C17H17ClFNO3. The summed E-state index contributed by atoms with van der Waals surface area (Å²) in [5.41, 5.74) is 6.69. The fraction of sp³-hybridized carbons (Fsp3) is 0.235. The van der Waals surface area contributed by atoms with Crippen LogP contribution in [0.5, 0.6) is 5.75 Å². The van der Waals surface area contributed by atoms with Gasteiger partial charge in [0.2, 0.25) is 0 Å². The molecule has 2 aromatic carbocycles. The van der Waals surface area contributed by atoms with Crippen molar-refractivity contribution in [2.75, 3.05) is 5.73 Å². The van der Waals surface area contributed by atoms with Crippen molar-refractivity contribution >= 4 is 23.3 Å². The lowest BCUT2D eigenvalue weighted by Crippen LogP contribution is -2.12. The lowest BCUT2D eigenvalue weighted by molar-refractivity contribution is 0.0377. The van der Waals surface area contributed by atoms with Crippen LogP contribution in [-0.2, 0) is 11.3 Å². The van der Waals surface area contributed by atoms with E-state index in [1.165, 1.54) is 24.3 Å². The molecule has 23 heavy (non-hydrogen) atoms. The normalized spacial score (nSPS) is 10.7. The first-order chi connectivity index (χ1) is 10.9. The standard InChI is InChI=1S/C17H17ClFNO3/c1-10(2)23-17(21)11-6-7-15(20)16(8-11)22-9-12-13(18)4-3-5-14(12)19/h3-8,10H,9,20H2,1-2H3. The molecular weight excluding hydrogens is 321 g/mol. The zero-order chi connectivity index (χ0) is 17.0. The molecule has 0 atom stereocenters. The third kappa shape index (κ3) is 4.36. The van der Waals surface area contributed by atoms with E-state index in [1.54, 1.807) is 26.0 Å². The van der Waals surface area contributed by atoms with Gasteiger partial charge in [-0.2, -0.15) is 0 Å². The summed E-state index contributed by atoms with van der Waals surface area (Å²) < 4.78 is 24.4. The van der Waals surface area contributed by atoms with E-state index in [4.69, 9.17) is 26.8 Å². The number of hydrogen-bond donors (Lipinski definition) is 1. The highest BCUT2D eigenvalue weighted by molar-refractivity contribution is 6.31. The number of carbonyl (C=O) groups is 1.